The predicted molar refractivity (Wildman–Crippen MR) is 120 cm³/mol. The van der Waals surface area contributed by atoms with Crippen molar-refractivity contribution in [2.24, 2.45) is 10.9 Å². The van der Waals surface area contributed by atoms with E-state index in [-0.39, 0.29) is 23.2 Å². The van der Waals surface area contributed by atoms with E-state index in [2.05, 4.69) is 15.6 Å². The summed E-state index contributed by atoms with van der Waals surface area (Å²) in [6, 6.07) is 7.07. The summed E-state index contributed by atoms with van der Waals surface area (Å²) in [6.45, 7) is 3.67. The van der Waals surface area contributed by atoms with Gasteiger partial charge in [-0.3, -0.25) is 9.79 Å². The molecular weight excluding hydrogens is 395 g/mol. The van der Waals surface area contributed by atoms with Crippen molar-refractivity contribution in [2.75, 3.05) is 39.9 Å². The van der Waals surface area contributed by atoms with E-state index in [1.54, 1.807) is 7.05 Å². The molecule has 6 nitrogen and oxygen atoms in total. The molecule has 0 aromatic heterocycles. The molecular formula is C24H35FN4O2. The topological polar surface area (TPSA) is 66.0 Å². The molecule has 0 spiro atoms. The molecule has 2 N–H and O–H groups in total. The molecule has 1 aliphatic carbocycles. The van der Waals surface area contributed by atoms with E-state index >= 15 is 0 Å². The smallest absolute Gasteiger partial charge is 0.225 e. The number of nitrogens with one attached hydrogen (secondary N) is 2. The Kier molecular flexibility index (Phi) is 7.10. The zero-order chi connectivity index (χ0) is 21.7. The number of guanidine groups is 1. The minimum absolute atomic E-state index is 0.107. The monoisotopic (exact) mass is 430 g/mol. The van der Waals surface area contributed by atoms with Crippen LogP contribution in [0.2, 0.25) is 0 Å². The molecule has 0 bridgehead atoms. The summed E-state index contributed by atoms with van der Waals surface area (Å²) in [5, 5.41) is 7.02. The molecule has 3 aliphatic rings. The highest BCUT2D eigenvalue weighted by Crippen LogP contribution is 2.34. The molecule has 1 amide bonds. The second-order valence-corrected chi connectivity index (χ2v) is 9.22. The van der Waals surface area contributed by atoms with Crippen LogP contribution in [0.4, 0.5) is 4.39 Å². The van der Waals surface area contributed by atoms with E-state index in [4.69, 9.17) is 4.74 Å². The van der Waals surface area contributed by atoms with Crippen molar-refractivity contribution in [3.8, 4) is 0 Å². The summed E-state index contributed by atoms with van der Waals surface area (Å²) in [5.74, 6) is 1.12. The lowest BCUT2D eigenvalue weighted by Gasteiger charge is -2.38. The largest absolute Gasteiger partial charge is 0.381 e. The molecule has 31 heavy (non-hydrogen) atoms. The highest BCUT2D eigenvalue weighted by atomic mass is 19.1. The van der Waals surface area contributed by atoms with Gasteiger partial charge in [0.2, 0.25) is 5.91 Å². The lowest BCUT2D eigenvalue weighted by Crippen LogP contribution is -2.50. The molecule has 4 rings (SSSR count). The Balaban J connectivity index is 1.34. The van der Waals surface area contributed by atoms with Crippen LogP contribution in [0, 0.1) is 11.7 Å². The van der Waals surface area contributed by atoms with Crippen molar-refractivity contribution in [1.82, 2.24) is 15.5 Å². The number of benzene rings is 1. The van der Waals surface area contributed by atoms with E-state index in [9.17, 15) is 9.18 Å². The molecule has 1 aromatic rings. The van der Waals surface area contributed by atoms with E-state index in [0.29, 0.717) is 25.7 Å². The molecule has 2 saturated heterocycles. The predicted octanol–water partition coefficient (Wildman–Crippen LogP) is 2.83. The van der Waals surface area contributed by atoms with Crippen molar-refractivity contribution in [2.45, 2.75) is 56.4 Å². The summed E-state index contributed by atoms with van der Waals surface area (Å²) in [7, 11) is 1.78. The van der Waals surface area contributed by atoms with E-state index in [1.165, 1.54) is 25.0 Å². The molecule has 1 atom stereocenters. The lowest BCUT2D eigenvalue weighted by molar-refractivity contribution is -0.134. The number of nitrogens with zero attached hydrogens (tertiary/aromatic N) is 2. The van der Waals surface area contributed by atoms with Gasteiger partial charge >= 0.3 is 0 Å². The summed E-state index contributed by atoms with van der Waals surface area (Å²) in [5.41, 5.74) is 1.03. The first-order valence-electron chi connectivity index (χ1n) is 11.7. The highest BCUT2D eigenvalue weighted by Gasteiger charge is 2.36. The fourth-order valence-electron chi connectivity index (χ4n) is 5.28. The van der Waals surface area contributed by atoms with Crippen molar-refractivity contribution >= 4 is 11.9 Å². The molecule has 1 aromatic carbocycles. The maximum atomic E-state index is 13.5. The van der Waals surface area contributed by atoms with E-state index in [1.807, 2.05) is 17.0 Å². The number of amides is 1. The zero-order valence-corrected chi connectivity index (χ0v) is 18.5. The number of rotatable bonds is 5. The van der Waals surface area contributed by atoms with Gasteiger partial charge in [-0.25, -0.2) is 4.39 Å². The number of hydrogen-bond acceptors (Lipinski definition) is 3. The third-order valence-corrected chi connectivity index (χ3v) is 7.27. The molecule has 3 fully saturated rings. The number of aliphatic imine (C=N–C) groups is 1. The fourth-order valence-corrected chi connectivity index (χ4v) is 5.28. The fraction of sp³-hybridized carbons (Fsp3) is 0.667. The Hall–Kier alpha value is -2.15. The Morgan fingerprint density at radius 3 is 2.58 bits per heavy atom. The quantitative estimate of drug-likeness (QED) is 0.557. The maximum Gasteiger partial charge on any atom is 0.225 e. The van der Waals surface area contributed by atoms with Crippen molar-refractivity contribution in [3.63, 3.8) is 0 Å². The van der Waals surface area contributed by atoms with Gasteiger partial charge in [-0.1, -0.05) is 25.0 Å². The first-order chi connectivity index (χ1) is 15.1. The normalized spacial score (nSPS) is 24.4. The van der Waals surface area contributed by atoms with Gasteiger partial charge < -0.3 is 20.3 Å². The van der Waals surface area contributed by atoms with Gasteiger partial charge in [-0.2, -0.15) is 0 Å². The van der Waals surface area contributed by atoms with Gasteiger partial charge in [0.05, 0.1) is 0 Å². The van der Waals surface area contributed by atoms with Crippen LogP contribution in [0.3, 0.4) is 0 Å². The minimum atomic E-state index is -0.214. The van der Waals surface area contributed by atoms with Gasteiger partial charge in [0.1, 0.15) is 5.82 Å². The SMILES string of the molecule is CN=C(NCC1(c2ccc(F)cc2)CCOCC1)NC1CCN(C(=O)C2CCCC2)C1. The average molecular weight is 431 g/mol. The van der Waals surface area contributed by atoms with Crippen LogP contribution in [0.15, 0.2) is 29.3 Å². The lowest BCUT2D eigenvalue weighted by atomic mass is 9.74. The number of carbonyl (C=O) groups excluding carboxylic acids is 1. The first kappa shape index (κ1) is 22.1. The first-order valence-corrected chi connectivity index (χ1v) is 11.7. The highest BCUT2D eigenvalue weighted by molar-refractivity contribution is 5.81. The maximum absolute atomic E-state index is 13.5. The van der Waals surface area contributed by atoms with Gasteiger partial charge in [0, 0.05) is 57.3 Å². The average Bonchev–Trinajstić information content (AvgIpc) is 3.50. The molecule has 2 aliphatic heterocycles. The Labute approximate surface area is 184 Å². The van der Waals surface area contributed by atoms with Gasteiger partial charge in [-0.05, 0) is 49.8 Å². The van der Waals surface area contributed by atoms with Crippen molar-refractivity contribution in [3.05, 3.63) is 35.6 Å². The molecule has 2 heterocycles. The van der Waals surface area contributed by atoms with Gasteiger partial charge in [0.25, 0.3) is 0 Å². The molecule has 1 saturated carbocycles. The number of halogens is 1. The molecule has 1 unspecified atom stereocenters. The molecule has 7 heteroatoms. The number of likely N-dealkylation sites (tertiary alicyclic amines) is 1. The van der Waals surface area contributed by atoms with Crippen LogP contribution in [-0.4, -0.2) is 62.7 Å². The standard InChI is InChI=1S/C24H35FN4O2/c1-26-23(28-21-10-13-29(16-21)22(30)18-4-2-3-5-18)27-17-24(11-14-31-15-12-24)19-6-8-20(25)9-7-19/h6-9,18,21H,2-5,10-17H2,1H3,(H2,26,27,28). The van der Waals surface area contributed by atoms with E-state index < -0.39 is 0 Å². The van der Waals surface area contributed by atoms with E-state index in [0.717, 1.165) is 56.7 Å². The number of ether oxygens (including phenoxy) is 1. The molecule has 0 radical (unpaired) electrons. The summed E-state index contributed by atoms with van der Waals surface area (Å²) < 4.78 is 19.1. The van der Waals surface area contributed by atoms with Crippen LogP contribution in [0.5, 0.6) is 0 Å². The van der Waals surface area contributed by atoms with Crippen molar-refractivity contribution in [1.29, 1.82) is 0 Å². The number of hydrogen-bond donors (Lipinski definition) is 2. The van der Waals surface area contributed by atoms with Crippen LogP contribution in [-0.2, 0) is 14.9 Å². The molecule has 170 valence electrons. The third kappa shape index (κ3) is 5.20. The Morgan fingerprint density at radius 1 is 1.19 bits per heavy atom. The van der Waals surface area contributed by atoms with Crippen LogP contribution >= 0.6 is 0 Å². The Morgan fingerprint density at radius 2 is 1.90 bits per heavy atom. The van der Waals surface area contributed by atoms with Crippen LogP contribution in [0.1, 0.15) is 50.5 Å². The van der Waals surface area contributed by atoms with Crippen LogP contribution in [0.25, 0.3) is 0 Å². The van der Waals surface area contributed by atoms with Gasteiger partial charge in [0.15, 0.2) is 5.96 Å². The second kappa shape index (κ2) is 9.98. The summed E-state index contributed by atoms with van der Waals surface area (Å²) >= 11 is 0. The number of carbonyl (C=O) groups is 1. The second-order valence-electron chi connectivity index (χ2n) is 9.22. The van der Waals surface area contributed by atoms with Crippen LogP contribution < -0.4 is 10.6 Å². The van der Waals surface area contributed by atoms with Gasteiger partial charge in [-0.15, -0.1) is 0 Å². The zero-order valence-electron chi connectivity index (χ0n) is 18.5. The Bertz CT molecular complexity index is 770. The summed E-state index contributed by atoms with van der Waals surface area (Å²) in [6.07, 6.45) is 7.17. The van der Waals surface area contributed by atoms with Crippen molar-refractivity contribution < 1.29 is 13.9 Å². The summed E-state index contributed by atoms with van der Waals surface area (Å²) in [4.78, 5) is 19.2. The minimum Gasteiger partial charge on any atom is -0.381 e. The third-order valence-electron chi connectivity index (χ3n) is 7.27.